The van der Waals surface area contributed by atoms with Gasteiger partial charge in [0, 0.05) is 123 Å². The van der Waals surface area contributed by atoms with Crippen LogP contribution in [0.2, 0.25) is 0 Å². The first-order valence-electron chi connectivity index (χ1n) is 51.3. The summed E-state index contributed by atoms with van der Waals surface area (Å²) in [5, 5.41) is 15.5. The number of furan rings is 1. The Hall–Kier alpha value is -17.8. The molecule has 3 aliphatic rings. The standard InChI is InChI=1S/C48H28OS.2C48H28S2/c1-2-13-32-31(12-1)33-14-3-4-16-35(33)42-27-30(29-24-25-46-41(26-29)37-18-8-10-23-45(37)50-46)28-43(47(42)38-19-6-5-15-34(32)38)40-21-11-20-39-36-17-7-9-22-44(36)49-48(39)40;1-2-13-32-31(12-1)33-14-3-4-16-35(33)42-27-30(29-24-25-46-41(26-29)37-18-8-9-22-44(37)49-46)28-43(47(42)38-19-6-5-15-34(32)38)40-21-11-20-39-36-17-7-10-23-45(36)50-48(39)40;1-2-12-33-32(11-1)34-13-3-4-15-36(34)43-28-31(29-21-23-46-41(25-29)37-16-7-9-19-44(37)49-46)27-40(48(43)39-18-6-5-14-35(33)39)30-22-24-47-42(26-30)38-17-8-10-20-45(38)50-47/h3*1-28H. The van der Waals surface area contributed by atoms with Crippen molar-refractivity contribution < 1.29 is 4.42 Å². The minimum atomic E-state index is 0.906. The zero-order chi connectivity index (χ0) is 98.3. The highest BCUT2D eigenvalue weighted by atomic mass is 32.1. The molecule has 1 nitrogen and oxygen atoms in total. The second-order valence-corrected chi connectivity index (χ2v) is 44.9. The first-order valence-corrected chi connectivity index (χ1v) is 55.3. The Balaban J connectivity index is 0.000000101. The lowest BCUT2D eigenvalue weighted by Crippen LogP contribution is -1.99. The van der Waals surface area contributed by atoms with Gasteiger partial charge in [-0.2, -0.15) is 0 Å². The predicted molar refractivity (Wildman–Crippen MR) is 650 cm³/mol. The summed E-state index contributed by atoms with van der Waals surface area (Å²) < 4.78 is 20.0. The average Bonchev–Trinajstić information content (AvgIpc) is 0.909. The quantitative estimate of drug-likeness (QED) is 0.162. The van der Waals surface area contributed by atoms with Gasteiger partial charge in [0.2, 0.25) is 0 Å². The highest BCUT2D eigenvalue weighted by Gasteiger charge is 2.33. The molecule has 0 aliphatic heterocycles. The molecule has 24 aromatic carbocycles. The summed E-state index contributed by atoms with van der Waals surface area (Å²) in [4.78, 5) is 0. The van der Waals surface area contributed by atoms with Crippen LogP contribution in [0, 0.1) is 0 Å². The van der Waals surface area contributed by atoms with Crippen molar-refractivity contribution in [3.8, 4) is 200 Å². The van der Waals surface area contributed by atoms with E-state index in [1.807, 2.05) is 56.7 Å². The van der Waals surface area contributed by atoms with Crippen molar-refractivity contribution in [1.29, 1.82) is 0 Å². The fraction of sp³-hybridized carbons (Fsp3) is 0. The number of para-hydroxylation sites is 2. The topological polar surface area (TPSA) is 13.1 Å². The Morgan fingerprint density at radius 3 is 0.673 bits per heavy atom. The number of benzene rings is 24. The highest BCUT2D eigenvalue weighted by molar-refractivity contribution is 7.27. The smallest absolute Gasteiger partial charge is 0.143 e. The summed E-state index contributed by atoms with van der Waals surface area (Å²) in [6.45, 7) is 0. The van der Waals surface area contributed by atoms with Crippen molar-refractivity contribution in [2.24, 2.45) is 0 Å². The molecule has 0 saturated heterocycles. The molecule has 696 valence electrons. The lowest BCUT2D eigenvalue weighted by Gasteiger charge is -2.26. The summed E-state index contributed by atoms with van der Waals surface area (Å²) >= 11 is 9.39. The van der Waals surface area contributed by atoms with Crippen LogP contribution in [-0.2, 0) is 0 Å². The van der Waals surface area contributed by atoms with Gasteiger partial charge < -0.3 is 4.42 Å². The van der Waals surface area contributed by atoms with Gasteiger partial charge in [-0.3, -0.25) is 0 Å². The number of hydrogen-bond donors (Lipinski definition) is 0. The summed E-state index contributed by atoms with van der Waals surface area (Å²) in [5.41, 5.74) is 46.6. The van der Waals surface area contributed by atoms with E-state index in [2.05, 4.69) is 510 Å². The Morgan fingerprint density at radius 1 is 0.113 bits per heavy atom. The molecule has 0 saturated carbocycles. The Labute approximate surface area is 886 Å². The molecule has 150 heavy (non-hydrogen) atoms. The molecule has 6 heterocycles. The van der Waals surface area contributed by atoms with Gasteiger partial charge in [-0.1, -0.05) is 388 Å². The largest absolute Gasteiger partial charge is 0.455 e. The van der Waals surface area contributed by atoms with E-state index in [9.17, 15) is 0 Å². The number of rotatable bonds is 6. The summed E-state index contributed by atoms with van der Waals surface area (Å²) in [7, 11) is 0. The van der Waals surface area contributed by atoms with Crippen LogP contribution < -0.4 is 0 Å². The average molecular weight is 1990 g/mol. The fourth-order valence-electron chi connectivity index (χ4n) is 24.6. The van der Waals surface area contributed by atoms with Gasteiger partial charge in [-0.15, -0.1) is 56.7 Å². The molecule has 6 aromatic heterocycles. The Morgan fingerprint density at radius 2 is 0.327 bits per heavy atom. The van der Waals surface area contributed by atoms with Crippen molar-refractivity contribution in [2.45, 2.75) is 0 Å². The second-order valence-electron chi connectivity index (χ2n) is 39.5. The summed E-state index contributed by atoms with van der Waals surface area (Å²) in [6, 6.07) is 189. The third-order valence-electron chi connectivity index (χ3n) is 31.4. The minimum Gasteiger partial charge on any atom is -0.455 e. The summed E-state index contributed by atoms with van der Waals surface area (Å²) in [5.74, 6) is 0. The zero-order valence-electron chi connectivity index (χ0n) is 80.9. The number of hydrogen-bond acceptors (Lipinski definition) is 6. The molecular formula is C144H84OS5. The van der Waals surface area contributed by atoms with E-state index in [0.717, 1.165) is 27.5 Å². The van der Waals surface area contributed by atoms with Crippen LogP contribution in [0.3, 0.4) is 0 Å². The van der Waals surface area contributed by atoms with Crippen LogP contribution >= 0.6 is 56.7 Å². The van der Waals surface area contributed by atoms with Crippen LogP contribution in [0.25, 0.3) is 323 Å². The van der Waals surface area contributed by atoms with Crippen LogP contribution in [0.5, 0.6) is 0 Å². The molecule has 0 atom stereocenters. The maximum Gasteiger partial charge on any atom is 0.143 e. The van der Waals surface area contributed by atoms with Crippen LogP contribution in [0.1, 0.15) is 0 Å². The Bertz CT molecular complexity index is 10500. The third-order valence-corrected chi connectivity index (χ3v) is 37.2. The normalized spacial score (nSPS) is 12.0. The first-order chi connectivity index (χ1) is 74.4. The monoisotopic (exact) mass is 1990 g/mol. The molecular weight excluding hydrogens is 1910 g/mol. The van der Waals surface area contributed by atoms with Gasteiger partial charge in [0.05, 0.1) is 0 Å². The highest BCUT2D eigenvalue weighted by Crippen LogP contribution is 2.60. The Kier molecular flexibility index (Phi) is 20.2. The van der Waals surface area contributed by atoms with E-state index < -0.39 is 0 Å². The second kappa shape index (κ2) is 35.0. The van der Waals surface area contributed by atoms with Crippen molar-refractivity contribution in [3.05, 3.63) is 510 Å². The van der Waals surface area contributed by atoms with Gasteiger partial charge in [-0.25, -0.2) is 0 Å². The molecule has 0 unspecified atom stereocenters. The SMILES string of the molecule is c1ccc2c(c1)-c1ccccc1-c1cc(-c3ccc4sc5ccccc5c4c3)cc(-c3ccc4sc5ccccc5c4c3)c1-c1ccccc1-2.c1ccc2c(c1)-c1ccccc1-c1cc(-c3ccc4sc5ccccc5c4c3)cc(-c3cccc4c3oc3ccccc34)c1-c1ccccc1-2.c1ccc2c(c1)-c1ccccc1-c1cc(-c3ccc4sc5ccccc5c4c3)cc(-c3cccc4c3sc3ccccc34)c1-c1ccccc1-2. The molecule has 0 N–H and O–H groups in total. The fourth-order valence-corrected chi connectivity index (χ4v) is 30.2. The van der Waals surface area contributed by atoms with Gasteiger partial charge in [0.15, 0.2) is 0 Å². The van der Waals surface area contributed by atoms with Crippen molar-refractivity contribution >= 4 is 179 Å². The van der Waals surface area contributed by atoms with E-state index in [0.29, 0.717) is 0 Å². The van der Waals surface area contributed by atoms with Gasteiger partial charge in [-0.05, 0) is 310 Å². The molecule has 0 radical (unpaired) electrons. The van der Waals surface area contributed by atoms with E-state index in [1.165, 1.54) is 296 Å². The van der Waals surface area contributed by atoms with Gasteiger partial charge >= 0.3 is 0 Å². The van der Waals surface area contributed by atoms with Crippen molar-refractivity contribution in [2.75, 3.05) is 0 Å². The minimum absolute atomic E-state index is 0.906. The maximum absolute atomic E-state index is 6.74. The predicted octanol–water partition coefficient (Wildman–Crippen LogP) is 43.7. The van der Waals surface area contributed by atoms with E-state index in [4.69, 9.17) is 4.42 Å². The van der Waals surface area contributed by atoms with Gasteiger partial charge in [0.1, 0.15) is 11.2 Å². The van der Waals surface area contributed by atoms with E-state index in [-0.39, 0.29) is 0 Å². The number of thiophene rings is 5. The molecule has 3 aliphatic carbocycles. The molecule has 0 amide bonds. The van der Waals surface area contributed by atoms with Crippen LogP contribution in [0.4, 0.5) is 0 Å². The van der Waals surface area contributed by atoms with Crippen LogP contribution in [0.15, 0.2) is 514 Å². The van der Waals surface area contributed by atoms with E-state index >= 15 is 0 Å². The first kappa shape index (κ1) is 86.5. The van der Waals surface area contributed by atoms with Crippen molar-refractivity contribution in [3.63, 3.8) is 0 Å². The zero-order valence-corrected chi connectivity index (χ0v) is 85.0. The molecule has 33 rings (SSSR count). The molecule has 0 fully saturated rings. The third kappa shape index (κ3) is 13.9. The molecule has 30 aromatic rings. The van der Waals surface area contributed by atoms with Crippen molar-refractivity contribution in [1.82, 2.24) is 0 Å². The molecule has 6 heteroatoms. The summed E-state index contributed by atoms with van der Waals surface area (Å²) in [6.07, 6.45) is 0. The maximum atomic E-state index is 6.74. The van der Waals surface area contributed by atoms with E-state index in [1.54, 1.807) is 0 Å². The lowest BCUT2D eigenvalue weighted by atomic mass is 9.77. The lowest BCUT2D eigenvalue weighted by molar-refractivity contribution is 0.670. The molecule has 0 bridgehead atoms. The van der Waals surface area contributed by atoms with Gasteiger partial charge in [0.25, 0.3) is 0 Å². The number of fused-ring (bicyclic) bond motifs is 42. The van der Waals surface area contributed by atoms with Crippen LogP contribution in [-0.4, -0.2) is 0 Å². The molecule has 0 spiro atoms.